The van der Waals surface area contributed by atoms with E-state index in [0.29, 0.717) is 6.17 Å². The molecular weight excluding hydrogens is 484 g/mol. The number of hydrogen-bond acceptors (Lipinski definition) is 2. The third-order valence-electron chi connectivity index (χ3n) is 9.32. The molecule has 2 nitrogen and oxygen atoms in total. The number of nitrogens with zero attached hydrogens (tertiary/aromatic N) is 2. The second kappa shape index (κ2) is 29.8. The zero-order valence-corrected chi connectivity index (χ0v) is 28.3. The zero-order valence-electron chi connectivity index (χ0n) is 28.3. The van der Waals surface area contributed by atoms with E-state index in [1.54, 1.807) is 0 Å². The summed E-state index contributed by atoms with van der Waals surface area (Å²) < 4.78 is 0. The monoisotopic (exact) mass is 561 g/mol. The van der Waals surface area contributed by atoms with Crippen molar-refractivity contribution in [3.63, 3.8) is 0 Å². The first-order chi connectivity index (χ1) is 19.8. The summed E-state index contributed by atoms with van der Waals surface area (Å²) in [5, 5.41) is 0. The summed E-state index contributed by atoms with van der Waals surface area (Å²) in [5.74, 6) is 0. The first-order valence-corrected chi connectivity index (χ1v) is 19.0. The van der Waals surface area contributed by atoms with Gasteiger partial charge in [0.1, 0.15) is 6.17 Å². The molecule has 0 saturated heterocycles. The molecule has 0 radical (unpaired) electrons. The zero-order chi connectivity index (χ0) is 28.8. The van der Waals surface area contributed by atoms with Crippen molar-refractivity contribution in [3.8, 4) is 0 Å². The molecule has 0 aromatic rings. The van der Waals surface area contributed by atoms with Crippen molar-refractivity contribution >= 4 is 0 Å². The van der Waals surface area contributed by atoms with Crippen molar-refractivity contribution in [2.45, 2.75) is 220 Å². The largest absolute Gasteiger partial charge is 0.356 e. The Hall–Kier alpha value is -0.660. The molecule has 0 aromatic heterocycles. The maximum Gasteiger partial charge on any atom is 0.101 e. The van der Waals surface area contributed by atoms with E-state index < -0.39 is 0 Å². The SMILES string of the molecule is CCCCCCCCCCCCCCCCN1C=CN(CCCCCC)C1CCCCCCCCCCCCC. The van der Waals surface area contributed by atoms with Gasteiger partial charge < -0.3 is 9.80 Å². The molecule has 0 saturated carbocycles. The topological polar surface area (TPSA) is 6.48 Å². The fourth-order valence-corrected chi connectivity index (χ4v) is 6.54. The second-order valence-corrected chi connectivity index (χ2v) is 13.2. The maximum atomic E-state index is 2.70. The number of rotatable bonds is 32. The quantitative estimate of drug-likeness (QED) is 0.0755. The molecule has 1 rings (SSSR count). The van der Waals surface area contributed by atoms with Gasteiger partial charge in [0.25, 0.3) is 0 Å². The maximum absolute atomic E-state index is 2.70. The van der Waals surface area contributed by atoms with Crippen molar-refractivity contribution in [1.29, 1.82) is 0 Å². The van der Waals surface area contributed by atoms with E-state index in [1.165, 1.54) is 206 Å². The summed E-state index contributed by atoms with van der Waals surface area (Å²) in [5.41, 5.74) is 0. The van der Waals surface area contributed by atoms with Crippen molar-refractivity contribution in [2.75, 3.05) is 13.1 Å². The van der Waals surface area contributed by atoms with Crippen molar-refractivity contribution in [1.82, 2.24) is 9.80 Å². The fourth-order valence-electron chi connectivity index (χ4n) is 6.54. The van der Waals surface area contributed by atoms with Crippen LogP contribution in [-0.4, -0.2) is 29.1 Å². The number of unbranched alkanes of at least 4 members (excludes halogenated alkanes) is 26. The van der Waals surface area contributed by atoms with Gasteiger partial charge >= 0.3 is 0 Å². The lowest BCUT2D eigenvalue weighted by Gasteiger charge is -2.33. The Morgan fingerprint density at radius 3 is 0.900 bits per heavy atom. The molecule has 1 unspecified atom stereocenters. The van der Waals surface area contributed by atoms with E-state index in [2.05, 4.69) is 43.0 Å². The minimum absolute atomic E-state index is 0.641. The smallest absolute Gasteiger partial charge is 0.101 e. The Morgan fingerprint density at radius 1 is 0.325 bits per heavy atom. The van der Waals surface area contributed by atoms with Gasteiger partial charge in [0, 0.05) is 25.5 Å². The van der Waals surface area contributed by atoms with Gasteiger partial charge in [-0.1, -0.05) is 188 Å². The molecule has 0 spiro atoms. The van der Waals surface area contributed by atoms with Crippen molar-refractivity contribution in [3.05, 3.63) is 12.4 Å². The van der Waals surface area contributed by atoms with E-state index in [-0.39, 0.29) is 0 Å². The Kier molecular flexibility index (Phi) is 27.9. The summed E-state index contributed by atoms with van der Waals surface area (Å²) in [7, 11) is 0. The third kappa shape index (κ3) is 22.0. The average molecular weight is 561 g/mol. The molecule has 0 aliphatic carbocycles. The van der Waals surface area contributed by atoms with Gasteiger partial charge in [0.2, 0.25) is 0 Å². The Bertz CT molecular complexity index is 516. The first-order valence-electron chi connectivity index (χ1n) is 19.0. The summed E-state index contributed by atoms with van der Waals surface area (Å²) in [6.07, 6.45) is 48.5. The molecule has 2 heteroatoms. The van der Waals surface area contributed by atoms with Gasteiger partial charge in [-0.05, 0) is 25.7 Å². The van der Waals surface area contributed by atoms with Gasteiger partial charge in [0.15, 0.2) is 0 Å². The van der Waals surface area contributed by atoms with Gasteiger partial charge in [0.05, 0.1) is 0 Å². The lowest BCUT2D eigenvalue weighted by Crippen LogP contribution is -2.39. The van der Waals surface area contributed by atoms with Crippen LogP contribution in [0.1, 0.15) is 213 Å². The van der Waals surface area contributed by atoms with Crippen molar-refractivity contribution in [2.24, 2.45) is 0 Å². The highest BCUT2D eigenvalue weighted by molar-refractivity contribution is 4.97. The van der Waals surface area contributed by atoms with Crippen LogP contribution in [0.25, 0.3) is 0 Å². The minimum Gasteiger partial charge on any atom is -0.356 e. The van der Waals surface area contributed by atoms with E-state index in [0.717, 1.165) is 0 Å². The highest BCUT2D eigenvalue weighted by atomic mass is 15.4. The summed E-state index contributed by atoms with van der Waals surface area (Å²) in [6.45, 7) is 9.47. The van der Waals surface area contributed by atoms with Gasteiger partial charge in [-0.3, -0.25) is 0 Å². The minimum atomic E-state index is 0.641. The van der Waals surface area contributed by atoms with Gasteiger partial charge in [-0.15, -0.1) is 0 Å². The van der Waals surface area contributed by atoms with Crippen LogP contribution in [0, 0.1) is 0 Å². The molecule has 238 valence electrons. The molecule has 40 heavy (non-hydrogen) atoms. The van der Waals surface area contributed by atoms with Crippen LogP contribution >= 0.6 is 0 Å². The molecule has 0 N–H and O–H groups in total. The molecule has 1 atom stereocenters. The normalized spacial score (nSPS) is 15.1. The second-order valence-electron chi connectivity index (χ2n) is 13.2. The van der Waals surface area contributed by atoms with Crippen LogP contribution in [0.15, 0.2) is 12.4 Å². The van der Waals surface area contributed by atoms with Crippen LogP contribution < -0.4 is 0 Å². The summed E-state index contributed by atoms with van der Waals surface area (Å²) in [6, 6.07) is 0. The van der Waals surface area contributed by atoms with Crippen LogP contribution in [-0.2, 0) is 0 Å². The van der Waals surface area contributed by atoms with E-state index in [4.69, 9.17) is 0 Å². The van der Waals surface area contributed by atoms with E-state index >= 15 is 0 Å². The predicted octanol–water partition coefficient (Wildman–Crippen LogP) is 13.2. The lowest BCUT2D eigenvalue weighted by molar-refractivity contribution is 0.135. The fraction of sp³-hybridized carbons (Fsp3) is 0.947. The molecule has 0 amide bonds. The third-order valence-corrected chi connectivity index (χ3v) is 9.32. The lowest BCUT2D eigenvalue weighted by atomic mass is 10.0. The van der Waals surface area contributed by atoms with Crippen LogP contribution in [0.5, 0.6) is 0 Å². The highest BCUT2D eigenvalue weighted by Gasteiger charge is 2.24. The Balaban J connectivity index is 2.13. The first kappa shape index (κ1) is 37.4. The summed E-state index contributed by atoms with van der Waals surface area (Å²) >= 11 is 0. The molecular formula is C38H76N2. The summed E-state index contributed by atoms with van der Waals surface area (Å²) in [4.78, 5) is 5.40. The Morgan fingerprint density at radius 2 is 0.575 bits per heavy atom. The average Bonchev–Trinajstić information content (AvgIpc) is 3.35. The van der Waals surface area contributed by atoms with Crippen molar-refractivity contribution < 1.29 is 0 Å². The van der Waals surface area contributed by atoms with E-state index in [9.17, 15) is 0 Å². The highest BCUT2D eigenvalue weighted by Crippen LogP contribution is 2.24. The van der Waals surface area contributed by atoms with Gasteiger partial charge in [-0.25, -0.2) is 0 Å². The van der Waals surface area contributed by atoms with E-state index in [1.807, 2.05) is 0 Å². The predicted molar refractivity (Wildman–Crippen MR) is 182 cm³/mol. The molecule has 1 aliphatic rings. The number of hydrogen-bond donors (Lipinski definition) is 0. The van der Waals surface area contributed by atoms with Gasteiger partial charge in [-0.2, -0.15) is 0 Å². The standard InChI is InChI=1S/C38H76N2/c1-4-7-10-13-15-17-19-20-21-23-25-27-29-32-35-40-37-36-39(34-31-12-9-6-3)38(40)33-30-28-26-24-22-18-16-14-11-8-5-2/h36-38H,4-35H2,1-3H3. The van der Waals surface area contributed by atoms with Crippen LogP contribution in [0.3, 0.4) is 0 Å². The molecule has 1 aliphatic heterocycles. The molecule has 0 aromatic carbocycles. The van der Waals surface area contributed by atoms with Crippen LogP contribution in [0.4, 0.5) is 0 Å². The van der Waals surface area contributed by atoms with Crippen LogP contribution in [0.2, 0.25) is 0 Å². The molecule has 1 heterocycles. The molecule has 0 bridgehead atoms. The molecule has 0 fully saturated rings. The Labute approximate surface area is 254 Å².